The second-order valence-corrected chi connectivity index (χ2v) is 9.65. The molecule has 2 saturated heterocycles. The Bertz CT molecular complexity index is 988. The summed E-state index contributed by atoms with van der Waals surface area (Å²) in [4.78, 5) is 54.2. The number of hydrogen-bond acceptors (Lipinski definition) is 7. The second-order valence-electron chi connectivity index (χ2n) is 9.65. The van der Waals surface area contributed by atoms with Crippen molar-refractivity contribution in [3.63, 3.8) is 0 Å². The highest BCUT2D eigenvalue weighted by atomic mass is 16.6. The molecule has 10 heteroatoms. The molecular formula is C23H30N4O6. The van der Waals surface area contributed by atoms with Gasteiger partial charge in [0.1, 0.15) is 24.0 Å². The zero-order valence-electron chi connectivity index (χ0n) is 19.4. The molecule has 1 aromatic carbocycles. The highest BCUT2D eigenvalue weighted by Crippen LogP contribution is 2.36. The molecule has 0 aliphatic carbocycles. The van der Waals surface area contributed by atoms with Crippen molar-refractivity contribution in [3.8, 4) is 5.75 Å². The van der Waals surface area contributed by atoms with Crippen LogP contribution in [-0.2, 0) is 14.3 Å². The van der Waals surface area contributed by atoms with Crippen LogP contribution in [0.1, 0.15) is 44.0 Å². The Labute approximate surface area is 192 Å². The lowest BCUT2D eigenvalue weighted by Crippen LogP contribution is -2.59. The zero-order chi connectivity index (χ0) is 23.9. The van der Waals surface area contributed by atoms with Crippen LogP contribution in [0.25, 0.3) is 0 Å². The van der Waals surface area contributed by atoms with Crippen molar-refractivity contribution in [1.29, 1.82) is 0 Å². The summed E-state index contributed by atoms with van der Waals surface area (Å²) in [7, 11) is 1.56. The van der Waals surface area contributed by atoms with Crippen molar-refractivity contribution in [2.45, 2.75) is 51.3 Å². The Hall–Kier alpha value is -3.30. The van der Waals surface area contributed by atoms with Crippen LogP contribution in [0.5, 0.6) is 5.75 Å². The van der Waals surface area contributed by atoms with Gasteiger partial charge >= 0.3 is 6.09 Å². The van der Waals surface area contributed by atoms with E-state index in [4.69, 9.17) is 9.47 Å². The predicted octanol–water partition coefficient (Wildman–Crippen LogP) is 1.38. The third-order valence-corrected chi connectivity index (χ3v) is 6.08. The number of ether oxygens (including phenoxy) is 2. The lowest BCUT2D eigenvalue weighted by Gasteiger charge is -2.45. The maximum Gasteiger partial charge on any atom is 0.410 e. The minimum Gasteiger partial charge on any atom is -0.489 e. The number of nitrogens with one attached hydrogen (secondary N) is 1. The van der Waals surface area contributed by atoms with E-state index >= 15 is 0 Å². The first-order valence-corrected chi connectivity index (χ1v) is 11.2. The molecule has 0 aromatic heterocycles. The summed E-state index contributed by atoms with van der Waals surface area (Å²) in [6.45, 7) is 7.57. The number of amides is 4. The molecule has 2 fully saturated rings. The molecule has 0 radical (unpaired) electrons. The summed E-state index contributed by atoms with van der Waals surface area (Å²) in [5.74, 6) is -0.491. The molecule has 1 N–H and O–H groups in total. The predicted molar refractivity (Wildman–Crippen MR) is 119 cm³/mol. The van der Waals surface area contributed by atoms with Crippen LogP contribution in [0.15, 0.2) is 18.2 Å². The van der Waals surface area contributed by atoms with E-state index in [0.29, 0.717) is 44.0 Å². The molecule has 1 aromatic rings. The third-order valence-electron chi connectivity index (χ3n) is 6.08. The van der Waals surface area contributed by atoms with Gasteiger partial charge in [-0.05, 0) is 45.4 Å². The fourth-order valence-electron chi connectivity index (χ4n) is 4.39. The number of fused-ring (bicyclic) bond motifs is 3. The molecule has 0 spiro atoms. The first-order valence-electron chi connectivity index (χ1n) is 11.2. The van der Waals surface area contributed by atoms with Crippen LogP contribution in [0.3, 0.4) is 0 Å². The largest absolute Gasteiger partial charge is 0.489 e. The van der Waals surface area contributed by atoms with E-state index < -0.39 is 17.6 Å². The summed E-state index contributed by atoms with van der Waals surface area (Å²) >= 11 is 0. The van der Waals surface area contributed by atoms with Gasteiger partial charge in [0.2, 0.25) is 11.8 Å². The summed E-state index contributed by atoms with van der Waals surface area (Å²) in [6, 6.07) is 4.56. The van der Waals surface area contributed by atoms with Gasteiger partial charge in [0.25, 0.3) is 5.91 Å². The average molecular weight is 459 g/mol. The van der Waals surface area contributed by atoms with Gasteiger partial charge in [-0.1, -0.05) is 0 Å². The second kappa shape index (κ2) is 8.57. The normalized spacial score (nSPS) is 22.5. The smallest absolute Gasteiger partial charge is 0.410 e. The number of nitrogens with zero attached hydrogens (tertiary/aromatic N) is 3. The molecule has 0 saturated carbocycles. The van der Waals surface area contributed by atoms with E-state index in [2.05, 4.69) is 10.2 Å². The van der Waals surface area contributed by atoms with Gasteiger partial charge in [0.05, 0.1) is 11.7 Å². The van der Waals surface area contributed by atoms with Crippen molar-refractivity contribution >= 4 is 29.5 Å². The zero-order valence-corrected chi connectivity index (χ0v) is 19.4. The fraction of sp³-hybridized carbons (Fsp3) is 0.565. The summed E-state index contributed by atoms with van der Waals surface area (Å²) in [5, 5.41) is 2.28. The van der Waals surface area contributed by atoms with Crippen molar-refractivity contribution in [3.05, 3.63) is 23.8 Å². The highest BCUT2D eigenvalue weighted by molar-refractivity contribution is 6.04. The molecule has 3 aliphatic rings. The number of anilines is 1. The Morgan fingerprint density at radius 3 is 2.67 bits per heavy atom. The number of benzene rings is 1. The average Bonchev–Trinajstić information content (AvgIpc) is 2.76. The number of hydrogen-bond donors (Lipinski definition) is 1. The Morgan fingerprint density at radius 1 is 1.21 bits per heavy atom. The van der Waals surface area contributed by atoms with Gasteiger partial charge in [-0.3, -0.25) is 19.7 Å². The standard InChI is InChI=1S/C23H30N4O6/c1-23(2,3)33-22(31)26-9-10-27-15(12-26)13-32-18-11-14(5-6-16(18)27)21(30)25(4)17-7-8-19(28)24-20(17)29/h5-6,11,15,17H,7-10,12-13H2,1-4H3,(H,24,28,29)/t15-,17+/m1/s1. The van der Waals surface area contributed by atoms with Crippen LogP contribution >= 0.6 is 0 Å². The number of carbonyl (C=O) groups is 4. The maximum absolute atomic E-state index is 13.0. The SMILES string of the molecule is CN(C(=O)c1ccc2c(c1)OC[C@H]1CN(C(=O)OC(C)(C)C)CCN21)[C@H]1CCC(=O)NC1=O. The number of piperazine rings is 1. The number of imide groups is 1. The lowest BCUT2D eigenvalue weighted by molar-refractivity contribution is -0.136. The maximum atomic E-state index is 13.0. The number of rotatable bonds is 2. The van der Waals surface area contributed by atoms with Gasteiger partial charge in [-0.15, -0.1) is 0 Å². The van der Waals surface area contributed by atoms with E-state index in [-0.39, 0.29) is 30.4 Å². The minimum absolute atomic E-state index is 0.00790. The van der Waals surface area contributed by atoms with Crippen LogP contribution in [0, 0.1) is 0 Å². The van der Waals surface area contributed by atoms with E-state index in [1.807, 2.05) is 26.8 Å². The van der Waals surface area contributed by atoms with E-state index in [0.717, 1.165) is 5.69 Å². The lowest BCUT2D eigenvalue weighted by atomic mass is 10.0. The molecule has 3 aliphatic heterocycles. The molecule has 4 amide bonds. The molecule has 0 unspecified atom stereocenters. The van der Waals surface area contributed by atoms with Crippen molar-refractivity contribution in [2.24, 2.45) is 0 Å². The van der Waals surface area contributed by atoms with Gasteiger partial charge in [-0.25, -0.2) is 4.79 Å². The van der Waals surface area contributed by atoms with E-state index in [9.17, 15) is 19.2 Å². The van der Waals surface area contributed by atoms with Crippen molar-refractivity contribution in [1.82, 2.24) is 15.1 Å². The Morgan fingerprint density at radius 2 is 1.97 bits per heavy atom. The Balaban J connectivity index is 1.44. The van der Waals surface area contributed by atoms with Crippen LogP contribution in [-0.4, -0.2) is 84.6 Å². The first kappa shape index (κ1) is 22.9. The minimum atomic E-state index is -0.683. The molecule has 0 bridgehead atoms. The molecule has 178 valence electrons. The van der Waals surface area contributed by atoms with Crippen molar-refractivity contribution in [2.75, 3.05) is 38.2 Å². The number of piperidine rings is 1. The van der Waals surface area contributed by atoms with E-state index in [1.54, 1.807) is 24.1 Å². The quantitative estimate of drug-likeness (QED) is 0.667. The molecule has 4 rings (SSSR count). The van der Waals surface area contributed by atoms with Crippen molar-refractivity contribution < 1.29 is 28.7 Å². The fourth-order valence-corrected chi connectivity index (χ4v) is 4.39. The van der Waals surface area contributed by atoms with Crippen LogP contribution < -0.4 is 15.0 Å². The summed E-state index contributed by atoms with van der Waals surface area (Å²) < 4.78 is 11.5. The monoisotopic (exact) mass is 458 g/mol. The van der Waals surface area contributed by atoms with Gasteiger partial charge in [0, 0.05) is 38.7 Å². The summed E-state index contributed by atoms with van der Waals surface area (Å²) in [6.07, 6.45) is 0.182. The van der Waals surface area contributed by atoms with Gasteiger partial charge in [-0.2, -0.15) is 0 Å². The van der Waals surface area contributed by atoms with Gasteiger partial charge < -0.3 is 24.2 Å². The third kappa shape index (κ3) is 4.74. The molecule has 3 heterocycles. The number of likely N-dealkylation sites (N-methyl/N-ethyl adjacent to an activating group) is 1. The summed E-state index contributed by atoms with van der Waals surface area (Å²) in [5.41, 5.74) is 0.732. The molecular weight excluding hydrogens is 428 g/mol. The topological polar surface area (TPSA) is 108 Å². The van der Waals surface area contributed by atoms with E-state index in [1.165, 1.54) is 4.90 Å². The van der Waals surface area contributed by atoms with Gasteiger partial charge in [0.15, 0.2) is 0 Å². The number of carbonyl (C=O) groups excluding carboxylic acids is 4. The molecule has 10 nitrogen and oxygen atoms in total. The van der Waals surface area contributed by atoms with Crippen LogP contribution in [0.4, 0.5) is 10.5 Å². The molecule has 2 atom stereocenters. The molecule has 33 heavy (non-hydrogen) atoms. The Kier molecular flexibility index (Phi) is 5.94. The highest BCUT2D eigenvalue weighted by Gasteiger charge is 2.37. The van der Waals surface area contributed by atoms with Crippen LogP contribution in [0.2, 0.25) is 0 Å². The first-order chi connectivity index (χ1) is 15.5.